The van der Waals surface area contributed by atoms with Crippen LogP contribution in [0, 0.1) is 13.8 Å². The Bertz CT molecular complexity index is 1110. The van der Waals surface area contributed by atoms with Gasteiger partial charge in [0, 0.05) is 27.5 Å². The van der Waals surface area contributed by atoms with Crippen LogP contribution < -0.4 is 0 Å². The van der Waals surface area contributed by atoms with Crippen LogP contribution in [0.15, 0.2) is 53.1 Å². The number of aromatic nitrogens is 1. The van der Waals surface area contributed by atoms with E-state index in [1.165, 1.54) is 18.9 Å². The number of hydrogen-bond donors (Lipinski definition) is 0. The summed E-state index contributed by atoms with van der Waals surface area (Å²) in [5.41, 5.74) is 3.88. The first-order chi connectivity index (χ1) is 14.9. The quantitative estimate of drug-likeness (QED) is 0.512. The van der Waals surface area contributed by atoms with Crippen molar-refractivity contribution in [3.05, 3.63) is 76.1 Å². The largest absolute Gasteiger partial charge is 0.467 e. The molecule has 1 saturated heterocycles. The van der Waals surface area contributed by atoms with Gasteiger partial charge >= 0.3 is 5.97 Å². The van der Waals surface area contributed by atoms with Gasteiger partial charge in [-0.15, -0.1) is 11.8 Å². The molecule has 0 radical (unpaired) electrons. The fourth-order valence-corrected chi connectivity index (χ4v) is 5.56. The Labute approximate surface area is 189 Å². The number of hydrogen-bond acceptors (Lipinski definition) is 6. The van der Waals surface area contributed by atoms with Crippen molar-refractivity contribution in [3.8, 4) is 11.1 Å². The monoisotopic (exact) mass is 456 g/mol. The number of amides is 1. The molecule has 2 atom stereocenters. The van der Waals surface area contributed by atoms with E-state index in [2.05, 4.69) is 5.16 Å². The zero-order chi connectivity index (χ0) is 22.1. The van der Waals surface area contributed by atoms with Crippen molar-refractivity contribution >= 4 is 35.2 Å². The number of carbonyl (C=O) groups is 2. The molecule has 0 spiro atoms. The molecule has 3 aromatic rings. The summed E-state index contributed by atoms with van der Waals surface area (Å²) < 4.78 is 10.2. The molecule has 31 heavy (non-hydrogen) atoms. The van der Waals surface area contributed by atoms with Crippen LogP contribution in [-0.4, -0.2) is 40.8 Å². The molecule has 1 aliphatic heterocycles. The number of halogens is 1. The number of methoxy groups -OCH3 is 1. The second kappa shape index (κ2) is 8.77. The lowest BCUT2D eigenvalue weighted by atomic mass is 10.0. The molecule has 0 saturated carbocycles. The summed E-state index contributed by atoms with van der Waals surface area (Å²) in [7, 11) is 1.33. The van der Waals surface area contributed by atoms with Crippen molar-refractivity contribution in [3.63, 3.8) is 0 Å². The minimum Gasteiger partial charge on any atom is -0.467 e. The van der Waals surface area contributed by atoms with E-state index < -0.39 is 12.0 Å². The Morgan fingerprint density at radius 2 is 1.87 bits per heavy atom. The van der Waals surface area contributed by atoms with E-state index >= 15 is 0 Å². The molecule has 8 heteroatoms. The molecule has 1 amide bonds. The summed E-state index contributed by atoms with van der Waals surface area (Å²) in [5, 5.41) is 4.16. The van der Waals surface area contributed by atoms with Crippen molar-refractivity contribution < 1.29 is 18.8 Å². The first-order valence-corrected chi connectivity index (χ1v) is 11.1. The molecule has 0 unspecified atom stereocenters. The van der Waals surface area contributed by atoms with Crippen molar-refractivity contribution in [1.82, 2.24) is 10.1 Å². The molecule has 2 heterocycles. The van der Waals surface area contributed by atoms with Crippen LogP contribution in [0.1, 0.15) is 32.7 Å². The third kappa shape index (κ3) is 3.95. The lowest BCUT2D eigenvalue weighted by Crippen LogP contribution is -2.43. The Hall–Kier alpha value is -2.77. The Morgan fingerprint density at radius 1 is 1.16 bits per heavy atom. The van der Waals surface area contributed by atoms with Gasteiger partial charge in [-0.3, -0.25) is 4.79 Å². The number of esters is 1. The second-order valence-corrected chi connectivity index (χ2v) is 8.76. The third-order valence-corrected chi connectivity index (χ3v) is 6.98. The topological polar surface area (TPSA) is 72.6 Å². The fraction of sp³-hybridized carbons (Fsp3) is 0.261. The highest BCUT2D eigenvalue weighted by molar-refractivity contribution is 7.99. The van der Waals surface area contributed by atoms with Gasteiger partial charge in [-0.1, -0.05) is 47.1 Å². The standard InChI is InChI=1S/C23H21ClN2O4S/c1-13-20(14(2)30-25-13)15-8-10-16(11-9-15)21(27)26-19(23(28)29-3)12-31-22(26)17-6-4-5-7-18(17)24/h4-11,19,22H,12H2,1-3H3/t19-,22+/m0/s1. The van der Waals surface area contributed by atoms with Crippen LogP contribution >= 0.6 is 23.4 Å². The molecule has 160 valence electrons. The Morgan fingerprint density at radius 3 is 2.48 bits per heavy atom. The lowest BCUT2D eigenvalue weighted by Gasteiger charge is -2.29. The maximum absolute atomic E-state index is 13.5. The van der Waals surface area contributed by atoms with Crippen LogP contribution in [0.4, 0.5) is 0 Å². The van der Waals surface area contributed by atoms with E-state index in [4.69, 9.17) is 20.9 Å². The summed E-state index contributed by atoms with van der Waals surface area (Å²) in [5.74, 6) is 0.460. The minimum absolute atomic E-state index is 0.254. The number of ether oxygens (including phenoxy) is 1. The molecule has 6 nitrogen and oxygen atoms in total. The van der Waals surface area contributed by atoms with Gasteiger partial charge in [0.15, 0.2) is 0 Å². The normalized spacial score (nSPS) is 18.3. The lowest BCUT2D eigenvalue weighted by molar-refractivity contribution is -0.145. The summed E-state index contributed by atoms with van der Waals surface area (Å²) in [6.45, 7) is 3.73. The Kier molecular flexibility index (Phi) is 6.07. The zero-order valence-electron chi connectivity index (χ0n) is 17.3. The summed E-state index contributed by atoms with van der Waals surface area (Å²) in [4.78, 5) is 27.5. The summed E-state index contributed by atoms with van der Waals surface area (Å²) in [6, 6.07) is 13.9. The van der Waals surface area contributed by atoms with Gasteiger partial charge in [0.05, 0.1) is 12.8 Å². The van der Waals surface area contributed by atoms with Gasteiger partial charge in [0.25, 0.3) is 5.91 Å². The number of aryl methyl sites for hydroxylation is 2. The highest BCUT2D eigenvalue weighted by Gasteiger charge is 2.43. The van der Waals surface area contributed by atoms with Gasteiger partial charge in [-0.2, -0.15) is 0 Å². The van der Waals surface area contributed by atoms with Crippen LogP contribution in [0.3, 0.4) is 0 Å². The predicted molar refractivity (Wildman–Crippen MR) is 120 cm³/mol. The number of nitrogens with zero attached hydrogens (tertiary/aromatic N) is 2. The van der Waals surface area contributed by atoms with Gasteiger partial charge in [0.2, 0.25) is 0 Å². The van der Waals surface area contributed by atoms with Crippen LogP contribution in [0.2, 0.25) is 5.02 Å². The van der Waals surface area contributed by atoms with Crippen molar-refractivity contribution in [2.24, 2.45) is 0 Å². The smallest absolute Gasteiger partial charge is 0.329 e. The zero-order valence-corrected chi connectivity index (χ0v) is 18.9. The maximum Gasteiger partial charge on any atom is 0.329 e. The third-order valence-electron chi connectivity index (χ3n) is 5.33. The maximum atomic E-state index is 13.5. The van der Waals surface area contributed by atoms with Gasteiger partial charge in [-0.05, 0) is 37.6 Å². The van der Waals surface area contributed by atoms with E-state index in [-0.39, 0.29) is 11.3 Å². The second-order valence-electron chi connectivity index (χ2n) is 7.24. The van der Waals surface area contributed by atoms with E-state index in [0.29, 0.717) is 16.3 Å². The van der Waals surface area contributed by atoms with Crippen molar-refractivity contribution in [2.45, 2.75) is 25.3 Å². The minimum atomic E-state index is -0.689. The number of benzene rings is 2. The number of carbonyl (C=O) groups excluding carboxylic acids is 2. The van der Waals surface area contributed by atoms with Crippen LogP contribution in [-0.2, 0) is 9.53 Å². The fourth-order valence-electron chi connectivity index (χ4n) is 3.81. The molecular formula is C23H21ClN2O4S. The molecule has 0 bridgehead atoms. The molecule has 0 aliphatic carbocycles. The molecule has 1 aliphatic rings. The summed E-state index contributed by atoms with van der Waals surface area (Å²) in [6.07, 6.45) is 0. The highest BCUT2D eigenvalue weighted by atomic mass is 35.5. The van der Waals surface area contributed by atoms with Crippen LogP contribution in [0.25, 0.3) is 11.1 Å². The first kappa shape index (κ1) is 21.5. The summed E-state index contributed by atoms with van der Waals surface area (Å²) >= 11 is 7.90. The van der Waals surface area contributed by atoms with Gasteiger partial charge < -0.3 is 14.2 Å². The van der Waals surface area contributed by atoms with E-state index in [1.54, 1.807) is 23.1 Å². The van der Waals surface area contributed by atoms with Crippen LogP contribution in [0.5, 0.6) is 0 Å². The van der Waals surface area contributed by atoms with Gasteiger partial charge in [-0.25, -0.2) is 4.79 Å². The van der Waals surface area contributed by atoms with E-state index in [9.17, 15) is 9.59 Å². The molecular weight excluding hydrogens is 436 g/mol. The van der Waals surface area contributed by atoms with E-state index in [0.717, 1.165) is 28.1 Å². The average molecular weight is 457 g/mol. The predicted octanol–water partition coefficient (Wildman–Crippen LogP) is 5.04. The molecule has 1 aromatic heterocycles. The highest BCUT2D eigenvalue weighted by Crippen LogP contribution is 2.44. The Balaban J connectivity index is 1.69. The molecule has 1 fully saturated rings. The van der Waals surface area contributed by atoms with Crippen molar-refractivity contribution in [2.75, 3.05) is 12.9 Å². The number of rotatable bonds is 4. The van der Waals surface area contributed by atoms with Crippen molar-refractivity contribution in [1.29, 1.82) is 0 Å². The molecule has 4 rings (SSSR count). The SMILES string of the molecule is COC(=O)[C@@H]1CS[C@H](c2ccccc2Cl)N1C(=O)c1ccc(-c2c(C)noc2C)cc1. The number of thioether (sulfide) groups is 1. The first-order valence-electron chi connectivity index (χ1n) is 9.72. The molecule has 2 aromatic carbocycles. The van der Waals surface area contributed by atoms with Gasteiger partial charge in [0.1, 0.15) is 17.2 Å². The molecule has 0 N–H and O–H groups in total. The van der Waals surface area contributed by atoms with E-state index in [1.807, 2.05) is 44.2 Å². The average Bonchev–Trinajstić information content (AvgIpc) is 3.36.